The number of anilines is 1. The minimum absolute atomic E-state index is 0.171. The normalized spacial score (nSPS) is 12.2. The van der Waals surface area contributed by atoms with Crippen LogP contribution < -0.4 is 5.32 Å². The molecule has 0 radical (unpaired) electrons. The second-order valence-electron chi connectivity index (χ2n) is 6.00. The van der Waals surface area contributed by atoms with Crippen LogP contribution in [0.4, 0.5) is 5.82 Å². The van der Waals surface area contributed by atoms with Gasteiger partial charge in [-0.25, -0.2) is 14.6 Å². The smallest absolute Gasteiger partial charge is 0.163 e. The molecule has 1 N–H and O–H groups in total. The molecule has 1 atom stereocenters. The molecule has 1 unspecified atom stereocenters. The van der Waals surface area contributed by atoms with Crippen molar-refractivity contribution in [1.82, 2.24) is 19.7 Å². The summed E-state index contributed by atoms with van der Waals surface area (Å²) >= 11 is 6.56. The molecule has 0 aliphatic heterocycles. The maximum atomic E-state index is 6.56. The van der Waals surface area contributed by atoms with Crippen LogP contribution in [0.2, 0.25) is 0 Å². The van der Waals surface area contributed by atoms with Crippen LogP contribution in [0.1, 0.15) is 16.5 Å². The van der Waals surface area contributed by atoms with Crippen molar-refractivity contribution in [3.05, 3.63) is 84.3 Å². The van der Waals surface area contributed by atoms with E-state index in [2.05, 4.69) is 32.5 Å². The zero-order chi connectivity index (χ0) is 17.8. The predicted octanol–water partition coefficient (Wildman–Crippen LogP) is 4.42. The van der Waals surface area contributed by atoms with E-state index in [0.717, 1.165) is 22.4 Å². The molecule has 0 aliphatic rings. The fourth-order valence-electron chi connectivity index (χ4n) is 2.87. The Morgan fingerprint density at radius 2 is 1.69 bits per heavy atom. The van der Waals surface area contributed by atoms with Gasteiger partial charge >= 0.3 is 0 Å². The molecule has 0 fully saturated rings. The Kier molecular flexibility index (Phi) is 4.80. The highest BCUT2D eigenvalue weighted by Crippen LogP contribution is 2.25. The summed E-state index contributed by atoms with van der Waals surface area (Å²) in [4.78, 5) is 8.76. The number of halogens is 1. The van der Waals surface area contributed by atoms with Crippen LogP contribution in [-0.2, 0) is 13.1 Å². The highest BCUT2D eigenvalue weighted by Gasteiger charge is 2.14. The summed E-state index contributed by atoms with van der Waals surface area (Å²) in [6, 6.07) is 20.2. The molecule has 5 nitrogen and oxygen atoms in total. The van der Waals surface area contributed by atoms with Gasteiger partial charge < -0.3 is 5.32 Å². The van der Waals surface area contributed by atoms with Crippen molar-refractivity contribution in [3.63, 3.8) is 0 Å². The molecular weight excluding hydrogens is 346 g/mol. The summed E-state index contributed by atoms with van der Waals surface area (Å²) in [6.07, 6.45) is 3.34. The van der Waals surface area contributed by atoms with Gasteiger partial charge in [-0.15, -0.1) is 11.6 Å². The molecule has 26 heavy (non-hydrogen) atoms. The van der Waals surface area contributed by atoms with Crippen LogP contribution in [0.25, 0.3) is 11.0 Å². The first-order valence-corrected chi connectivity index (χ1v) is 8.88. The SMILES string of the molecule is ClC(Cn1ncc2c(NCc3ccccc3)ncnc21)c1ccccc1. The lowest BCUT2D eigenvalue weighted by Gasteiger charge is -2.11. The topological polar surface area (TPSA) is 55.6 Å². The Morgan fingerprint density at radius 3 is 2.46 bits per heavy atom. The van der Waals surface area contributed by atoms with Crippen molar-refractivity contribution in [3.8, 4) is 0 Å². The maximum Gasteiger partial charge on any atom is 0.163 e. The number of rotatable bonds is 6. The molecule has 0 spiro atoms. The minimum atomic E-state index is -0.171. The van der Waals surface area contributed by atoms with Crippen molar-refractivity contribution in [2.45, 2.75) is 18.5 Å². The van der Waals surface area contributed by atoms with Gasteiger partial charge in [0.05, 0.1) is 23.5 Å². The molecule has 2 heterocycles. The fraction of sp³-hybridized carbons (Fsp3) is 0.150. The van der Waals surface area contributed by atoms with E-state index < -0.39 is 0 Å². The predicted molar refractivity (Wildman–Crippen MR) is 104 cm³/mol. The first-order chi connectivity index (χ1) is 12.8. The average molecular weight is 364 g/mol. The Balaban J connectivity index is 1.55. The number of nitrogens with one attached hydrogen (secondary N) is 1. The number of hydrogen-bond acceptors (Lipinski definition) is 4. The first-order valence-electron chi connectivity index (χ1n) is 8.44. The lowest BCUT2D eigenvalue weighted by molar-refractivity contribution is 0.615. The number of hydrogen-bond donors (Lipinski definition) is 1. The van der Waals surface area contributed by atoms with Crippen molar-refractivity contribution in [2.75, 3.05) is 5.32 Å². The zero-order valence-corrected chi connectivity index (χ0v) is 14.8. The molecule has 0 amide bonds. The number of benzene rings is 2. The van der Waals surface area contributed by atoms with Gasteiger partial charge in [0, 0.05) is 6.54 Å². The molecule has 0 bridgehead atoms. The molecule has 2 aromatic carbocycles. The van der Waals surface area contributed by atoms with Crippen molar-refractivity contribution >= 4 is 28.5 Å². The molecule has 4 aromatic rings. The number of fused-ring (bicyclic) bond motifs is 1. The van der Waals surface area contributed by atoms with E-state index in [1.54, 1.807) is 12.5 Å². The van der Waals surface area contributed by atoms with Crippen molar-refractivity contribution < 1.29 is 0 Å². The molecule has 0 aliphatic carbocycles. The van der Waals surface area contributed by atoms with Gasteiger partial charge in [-0.2, -0.15) is 5.10 Å². The van der Waals surface area contributed by atoms with Crippen molar-refractivity contribution in [1.29, 1.82) is 0 Å². The fourth-order valence-corrected chi connectivity index (χ4v) is 3.14. The summed E-state index contributed by atoms with van der Waals surface area (Å²) < 4.78 is 1.83. The second kappa shape index (κ2) is 7.54. The molecule has 4 rings (SSSR count). The summed E-state index contributed by atoms with van der Waals surface area (Å²) in [5, 5.41) is 8.55. The third kappa shape index (κ3) is 3.53. The van der Waals surface area contributed by atoms with E-state index in [9.17, 15) is 0 Å². The molecule has 0 saturated heterocycles. The van der Waals surface area contributed by atoms with Crippen LogP contribution in [0.15, 0.2) is 73.2 Å². The largest absolute Gasteiger partial charge is 0.365 e. The molecule has 130 valence electrons. The number of aromatic nitrogens is 4. The van der Waals surface area contributed by atoms with Gasteiger partial charge in [0.1, 0.15) is 12.1 Å². The highest BCUT2D eigenvalue weighted by molar-refractivity contribution is 6.20. The average Bonchev–Trinajstić information content (AvgIpc) is 3.11. The van der Waals surface area contributed by atoms with E-state index in [-0.39, 0.29) is 5.38 Å². The van der Waals surface area contributed by atoms with E-state index in [0.29, 0.717) is 13.1 Å². The van der Waals surface area contributed by atoms with Crippen LogP contribution in [0.5, 0.6) is 0 Å². The van der Waals surface area contributed by atoms with E-state index >= 15 is 0 Å². The third-order valence-electron chi connectivity index (χ3n) is 4.23. The Labute approximate surface area is 156 Å². The number of nitrogens with zero attached hydrogens (tertiary/aromatic N) is 4. The van der Waals surface area contributed by atoms with E-state index in [4.69, 9.17) is 11.6 Å². The van der Waals surface area contributed by atoms with E-state index in [1.807, 2.05) is 53.2 Å². The Hall–Kier alpha value is -2.92. The second-order valence-corrected chi connectivity index (χ2v) is 6.53. The summed E-state index contributed by atoms with van der Waals surface area (Å²) in [6.45, 7) is 1.24. The number of alkyl halides is 1. The Morgan fingerprint density at radius 1 is 0.962 bits per heavy atom. The lowest BCUT2D eigenvalue weighted by atomic mass is 10.1. The summed E-state index contributed by atoms with van der Waals surface area (Å²) in [7, 11) is 0. The minimum Gasteiger partial charge on any atom is -0.365 e. The van der Waals surface area contributed by atoms with Crippen LogP contribution in [0, 0.1) is 0 Å². The zero-order valence-electron chi connectivity index (χ0n) is 14.1. The molecular formula is C20H18ClN5. The molecule has 0 saturated carbocycles. The van der Waals surface area contributed by atoms with Gasteiger partial charge in [0.25, 0.3) is 0 Å². The lowest BCUT2D eigenvalue weighted by Crippen LogP contribution is -2.07. The van der Waals surface area contributed by atoms with Gasteiger partial charge in [0.2, 0.25) is 0 Å². The summed E-state index contributed by atoms with van der Waals surface area (Å²) in [5.74, 6) is 0.774. The third-order valence-corrected chi connectivity index (χ3v) is 4.62. The van der Waals surface area contributed by atoms with Crippen molar-refractivity contribution in [2.24, 2.45) is 0 Å². The molecule has 2 aromatic heterocycles. The summed E-state index contributed by atoms with van der Waals surface area (Å²) in [5.41, 5.74) is 3.03. The standard InChI is InChI=1S/C20H18ClN5/c21-18(16-9-5-2-6-10-16)13-26-20-17(12-25-26)19(23-14-24-20)22-11-15-7-3-1-4-8-15/h1-10,12,14,18H,11,13H2,(H,22,23,24). The van der Waals surface area contributed by atoms with Crippen LogP contribution in [-0.4, -0.2) is 19.7 Å². The monoisotopic (exact) mass is 363 g/mol. The quantitative estimate of drug-likeness (QED) is 0.515. The van der Waals surface area contributed by atoms with Crippen LogP contribution >= 0.6 is 11.6 Å². The van der Waals surface area contributed by atoms with Gasteiger partial charge in [-0.05, 0) is 11.1 Å². The molecule has 6 heteroatoms. The van der Waals surface area contributed by atoms with E-state index in [1.165, 1.54) is 5.56 Å². The maximum absolute atomic E-state index is 6.56. The first kappa shape index (κ1) is 16.5. The highest BCUT2D eigenvalue weighted by atomic mass is 35.5. The van der Waals surface area contributed by atoms with Gasteiger partial charge in [0.15, 0.2) is 5.65 Å². The van der Waals surface area contributed by atoms with Gasteiger partial charge in [-0.1, -0.05) is 60.7 Å². The Bertz CT molecular complexity index is 985. The van der Waals surface area contributed by atoms with Gasteiger partial charge in [-0.3, -0.25) is 0 Å². The van der Waals surface area contributed by atoms with Crippen LogP contribution in [0.3, 0.4) is 0 Å².